The molecule has 1 aliphatic carbocycles. The van der Waals surface area contributed by atoms with Crippen LogP contribution in [-0.4, -0.2) is 41.6 Å². The van der Waals surface area contributed by atoms with Gasteiger partial charge in [-0.25, -0.2) is 0 Å². The van der Waals surface area contributed by atoms with Gasteiger partial charge in [-0.3, -0.25) is 14.2 Å². The Hall–Kier alpha value is -2.61. The van der Waals surface area contributed by atoms with Crippen LogP contribution in [0.2, 0.25) is 0 Å². The third-order valence-corrected chi connectivity index (χ3v) is 5.96. The second-order valence-electron chi connectivity index (χ2n) is 8.34. The van der Waals surface area contributed by atoms with E-state index in [9.17, 15) is 22.8 Å². The van der Waals surface area contributed by atoms with Crippen molar-refractivity contribution in [3.05, 3.63) is 64.1 Å². The molecule has 0 bridgehead atoms. The van der Waals surface area contributed by atoms with Crippen LogP contribution in [0.25, 0.3) is 5.69 Å². The van der Waals surface area contributed by atoms with Gasteiger partial charge in [0.1, 0.15) is 0 Å². The monoisotopic (exact) mass is 419 g/mol. The number of likely N-dealkylation sites (tertiary alicyclic amines) is 1. The lowest BCUT2D eigenvalue weighted by atomic mass is 10.1. The first kappa shape index (κ1) is 20.7. The lowest BCUT2D eigenvalue weighted by Crippen LogP contribution is -2.37. The Morgan fingerprint density at radius 3 is 2.50 bits per heavy atom. The fraction of sp³-hybridized carbons (Fsp3) is 0.455. The van der Waals surface area contributed by atoms with Crippen molar-refractivity contribution in [3.63, 3.8) is 0 Å². The van der Waals surface area contributed by atoms with E-state index in [1.165, 1.54) is 43.3 Å². The van der Waals surface area contributed by atoms with Gasteiger partial charge in [0.2, 0.25) is 0 Å². The highest BCUT2D eigenvalue weighted by Gasteiger charge is 2.44. The summed E-state index contributed by atoms with van der Waals surface area (Å²) >= 11 is 0. The van der Waals surface area contributed by atoms with E-state index in [1.54, 1.807) is 0 Å². The Morgan fingerprint density at radius 1 is 1.10 bits per heavy atom. The molecule has 2 fully saturated rings. The van der Waals surface area contributed by atoms with E-state index in [4.69, 9.17) is 0 Å². The summed E-state index contributed by atoms with van der Waals surface area (Å²) in [6, 6.07) is 7.10. The molecule has 1 saturated carbocycles. The minimum absolute atomic E-state index is 0.0668. The highest BCUT2D eigenvalue weighted by Crippen LogP contribution is 2.46. The lowest BCUT2D eigenvalue weighted by Gasteiger charge is -2.23. The third kappa shape index (κ3) is 4.59. The van der Waals surface area contributed by atoms with Crippen LogP contribution in [0, 0.1) is 5.41 Å². The lowest BCUT2D eigenvalue weighted by molar-refractivity contribution is -0.137. The van der Waals surface area contributed by atoms with E-state index >= 15 is 0 Å². The molecule has 1 saturated heterocycles. The number of carbonyl (C=O) groups is 1. The van der Waals surface area contributed by atoms with Crippen molar-refractivity contribution in [2.45, 2.75) is 31.9 Å². The van der Waals surface area contributed by atoms with Gasteiger partial charge >= 0.3 is 6.18 Å². The summed E-state index contributed by atoms with van der Waals surface area (Å²) in [6.45, 7) is 3.76. The number of amides is 1. The van der Waals surface area contributed by atoms with Gasteiger partial charge < -0.3 is 10.2 Å². The van der Waals surface area contributed by atoms with Crippen molar-refractivity contribution in [2.75, 3.05) is 26.2 Å². The Kier molecular flexibility index (Phi) is 5.44. The number of hydrogen-bond acceptors (Lipinski definition) is 3. The van der Waals surface area contributed by atoms with Crippen molar-refractivity contribution < 1.29 is 18.0 Å². The Morgan fingerprint density at radius 2 is 1.83 bits per heavy atom. The highest BCUT2D eigenvalue weighted by molar-refractivity contribution is 5.94. The highest BCUT2D eigenvalue weighted by atomic mass is 19.4. The zero-order valence-corrected chi connectivity index (χ0v) is 16.5. The van der Waals surface area contributed by atoms with Crippen LogP contribution in [0.15, 0.2) is 47.4 Å². The molecule has 4 rings (SSSR count). The van der Waals surface area contributed by atoms with E-state index in [0.29, 0.717) is 6.54 Å². The summed E-state index contributed by atoms with van der Waals surface area (Å²) in [7, 11) is 0. The molecular weight excluding hydrogens is 395 g/mol. The van der Waals surface area contributed by atoms with Crippen LogP contribution < -0.4 is 10.9 Å². The molecule has 0 unspecified atom stereocenters. The molecule has 1 N–H and O–H groups in total. The Balaban J connectivity index is 1.48. The van der Waals surface area contributed by atoms with Crippen molar-refractivity contribution in [1.29, 1.82) is 0 Å². The van der Waals surface area contributed by atoms with Gasteiger partial charge in [-0.15, -0.1) is 0 Å². The van der Waals surface area contributed by atoms with E-state index in [-0.39, 0.29) is 22.6 Å². The number of carbonyl (C=O) groups excluding carboxylic acids is 1. The van der Waals surface area contributed by atoms with Crippen LogP contribution in [0.3, 0.4) is 0 Å². The van der Waals surface area contributed by atoms with Crippen LogP contribution in [0.5, 0.6) is 0 Å². The van der Waals surface area contributed by atoms with Crippen LogP contribution >= 0.6 is 0 Å². The third-order valence-electron chi connectivity index (χ3n) is 5.96. The second-order valence-corrected chi connectivity index (χ2v) is 8.34. The van der Waals surface area contributed by atoms with Crippen molar-refractivity contribution >= 4 is 5.91 Å². The molecule has 0 atom stereocenters. The van der Waals surface area contributed by atoms with Gasteiger partial charge in [0.15, 0.2) is 0 Å². The molecule has 0 radical (unpaired) electrons. The molecule has 1 aliphatic heterocycles. The Labute approximate surface area is 172 Å². The Bertz CT molecular complexity index is 990. The SMILES string of the molecule is O=C(NCC1(CN2CCCC2)CC1)c1ccc(=O)n(-c2cccc(C(F)(F)F)c2)c1. The molecule has 1 aromatic heterocycles. The van der Waals surface area contributed by atoms with Gasteiger partial charge in [0.25, 0.3) is 11.5 Å². The predicted octanol–water partition coefficient (Wildman–Crippen LogP) is 3.46. The minimum Gasteiger partial charge on any atom is -0.351 e. The zero-order chi connectivity index (χ0) is 21.4. The maximum atomic E-state index is 13.0. The standard InChI is InChI=1S/C22H24F3N3O2/c23-22(24,25)17-4-3-5-18(12-17)28-13-16(6-7-19(28)29)20(30)26-14-21(8-9-21)15-27-10-1-2-11-27/h3-7,12-13H,1-2,8-11,14-15H2,(H,26,30). The topological polar surface area (TPSA) is 54.3 Å². The number of halogens is 3. The van der Waals surface area contributed by atoms with Gasteiger partial charge in [-0.1, -0.05) is 6.07 Å². The summed E-state index contributed by atoms with van der Waals surface area (Å²) < 4.78 is 40.1. The molecule has 1 amide bonds. The molecule has 2 heterocycles. The van der Waals surface area contributed by atoms with E-state index in [0.717, 1.165) is 49.2 Å². The summed E-state index contributed by atoms with van der Waals surface area (Å²) in [5, 5.41) is 2.95. The van der Waals surface area contributed by atoms with E-state index in [2.05, 4.69) is 10.2 Å². The number of alkyl halides is 3. The second kappa shape index (κ2) is 7.91. The molecule has 2 aromatic rings. The number of nitrogens with zero attached hydrogens (tertiary/aromatic N) is 2. The number of hydrogen-bond donors (Lipinski definition) is 1. The molecule has 0 spiro atoms. The fourth-order valence-corrected chi connectivity index (χ4v) is 4.01. The summed E-state index contributed by atoms with van der Waals surface area (Å²) in [4.78, 5) is 27.3. The van der Waals surface area contributed by atoms with Crippen molar-refractivity contribution in [1.82, 2.24) is 14.8 Å². The smallest absolute Gasteiger partial charge is 0.351 e. The molecular formula is C22H24F3N3O2. The first-order valence-corrected chi connectivity index (χ1v) is 10.2. The van der Waals surface area contributed by atoms with Gasteiger partial charge in [-0.2, -0.15) is 13.2 Å². The summed E-state index contributed by atoms with van der Waals surface area (Å²) in [6.07, 6.45) is 1.38. The van der Waals surface area contributed by atoms with E-state index < -0.39 is 17.3 Å². The minimum atomic E-state index is -4.51. The number of rotatable bonds is 6. The fourth-order valence-electron chi connectivity index (χ4n) is 4.01. The number of benzene rings is 1. The molecule has 160 valence electrons. The first-order chi connectivity index (χ1) is 14.3. The average molecular weight is 419 g/mol. The molecule has 30 heavy (non-hydrogen) atoms. The van der Waals surface area contributed by atoms with Gasteiger partial charge in [0, 0.05) is 36.5 Å². The maximum absolute atomic E-state index is 13.0. The predicted molar refractivity (Wildman–Crippen MR) is 107 cm³/mol. The van der Waals surface area contributed by atoms with Crippen molar-refractivity contribution in [3.8, 4) is 5.69 Å². The molecule has 5 nitrogen and oxygen atoms in total. The van der Waals surface area contributed by atoms with Gasteiger partial charge in [0.05, 0.1) is 11.1 Å². The molecule has 8 heteroatoms. The van der Waals surface area contributed by atoms with E-state index in [1.807, 2.05) is 0 Å². The number of nitrogens with one attached hydrogen (secondary N) is 1. The zero-order valence-electron chi connectivity index (χ0n) is 16.5. The largest absolute Gasteiger partial charge is 0.416 e. The molecule has 1 aromatic carbocycles. The first-order valence-electron chi connectivity index (χ1n) is 10.2. The van der Waals surface area contributed by atoms with Crippen LogP contribution in [-0.2, 0) is 6.18 Å². The van der Waals surface area contributed by atoms with Crippen LogP contribution in [0.1, 0.15) is 41.6 Å². The van der Waals surface area contributed by atoms with Crippen LogP contribution in [0.4, 0.5) is 13.2 Å². The number of pyridine rings is 1. The van der Waals surface area contributed by atoms with Crippen molar-refractivity contribution in [2.24, 2.45) is 5.41 Å². The normalized spacial score (nSPS) is 18.4. The molecule has 2 aliphatic rings. The number of aromatic nitrogens is 1. The average Bonchev–Trinajstić information content (AvgIpc) is 3.28. The summed E-state index contributed by atoms with van der Waals surface area (Å²) in [5.41, 5.74) is -0.922. The summed E-state index contributed by atoms with van der Waals surface area (Å²) in [5.74, 6) is -0.330. The maximum Gasteiger partial charge on any atom is 0.416 e. The van der Waals surface area contributed by atoms with Gasteiger partial charge in [-0.05, 0) is 63.0 Å². The quantitative estimate of drug-likeness (QED) is 0.780.